The van der Waals surface area contributed by atoms with Crippen molar-refractivity contribution in [1.29, 1.82) is 0 Å². The summed E-state index contributed by atoms with van der Waals surface area (Å²) in [5.74, 6) is 0.195. The summed E-state index contributed by atoms with van der Waals surface area (Å²) in [6.45, 7) is 2.02. The van der Waals surface area contributed by atoms with Gasteiger partial charge in [-0.15, -0.1) is 0 Å². The highest BCUT2D eigenvalue weighted by atomic mass is 32.2. The van der Waals surface area contributed by atoms with Gasteiger partial charge in [-0.2, -0.15) is 0 Å². The first-order chi connectivity index (χ1) is 7.70. The van der Waals surface area contributed by atoms with E-state index in [1.807, 2.05) is 6.92 Å². The fraction of sp³-hybridized carbons (Fsp3) is 0.250. The molecule has 84 valence electrons. The standard InChI is InChI=1S/C12H13NO2S/c1-8-4-2-3-5-9(8)10-11(12(13)14)16-7-6-15-10/h2,4,6-7H,3,5H2,1H3,(H2,13,14). The minimum atomic E-state index is -0.431. The van der Waals surface area contributed by atoms with Gasteiger partial charge in [0.25, 0.3) is 5.91 Å². The number of carbonyl (C=O) groups excluding carboxylic acids is 1. The minimum Gasteiger partial charge on any atom is -0.463 e. The van der Waals surface area contributed by atoms with Crippen molar-refractivity contribution in [3.8, 4) is 0 Å². The SMILES string of the molecule is CC1=C(C2=C(C(N)=O)SC=CO2)CCC=C1. The Labute approximate surface area is 98.7 Å². The molecule has 0 aromatic rings. The largest absolute Gasteiger partial charge is 0.463 e. The van der Waals surface area contributed by atoms with Crippen LogP contribution in [-0.4, -0.2) is 5.91 Å². The van der Waals surface area contributed by atoms with Crippen LogP contribution in [0.1, 0.15) is 19.8 Å². The van der Waals surface area contributed by atoms with Crippen molar-refractivity contribution in [3.63, 3.8) is 0 Å². The molecule has 0 aromatic heterocycles. The third-order valence-corrected chi connectivity index (χ3v) is 3.41. The van der Waals surface area contributed by atoms with E-state index < -0.39 is 5.91 Å². The lowest BCUT2D eigenvalue weighted by molar-refractivity contribution is -0.114. The van der Waals surface area contributed by atoms with Gasteiger partial charge in [0, 0.05) is 5.41 Å². The molecule has 2 N–H and O–H groups in total. The molecule has 0 radical (unpaired) electrons. The second-order valence-electron chi connectivity index (χ2n) is 3.63. The third kappa shape index (κ3) is 2.07. The molecule has 2 rings (SSSR count). The van der Waals surface area contributed by atoms with Gasteiger partial charge >= 0.3 is 0 Å². The fourth-order valence-corrected chi connectivity index (χ4v) is 2.40. The summed E-state index contributed by atoms with van der Waals surface area (Å²) in [7, 11) is 0. The smallest absolute Gasteiger partial charge is 0.259 e. The number of ether oxygens (including phenoxy) is 1. The van der Waals surface area contributed by atoms with Gasteiger partial charge in [-0.1, -0.05) is 23.9 Å². The molecule has 2 aliphatic rings. The monoisotopic (exact) mass is 235 g/mol. The normalized spacial score (nSPS) is 20.1. The van der Waals surface area contributed by atoms with Crippen molar-refractivity contribution in [3.05, 3.63) is 45.6 Å². The molecule has 1 heterocycles. The van der Waals surface area contributed by atoms with Crippen molar-refractivity contribution >= 4 is 17.7 Å². The number of allylic oxidation sites excluding steroid dienone is 4. The molecule has 0 aromatic carbocycles. The van der Waals surface area contributed by atoms with E-state index in [9.17, 15) is 4.79 Å². The molecule has 0 fully saturated rings. The molecule has 16 heavy (non-hydrogen) atoms. The van der Waals surface area contributed by atoms with Crippen LogP contribution in [0, 0.1) is 0 Å². The molecular formula is C12H13NO2S. The van der Waals surface area contributed by atoms with Gasteiger partial charge in [-0.05, 0) is 30.9 Å². The van der Waals surface area contributed by atoms with Crippen LogP contribution in [0.4, 0.5) is 0 Å². The Kier molecular flexibility index (Phi) is 3.19. The quantitative estimate of drug-likeness (QED) is 0.800. The molecule has 0 saturated carbocycles. The maximum Gasteiger partial charge on any atom is 0.259 e. The lowest BCUT2D eigenvalue weighted by Gasteiger charge is -2.20. The lowest BCUT2D eigenvalue weighted by Crippen LogP contribution is -2.16. The highest BCUT2D eigenvalue weighted by molar-refractivity contribution is 8.06. The van der Waals surface area contributed by atoms with Crippen LogP contribution < -0.4 is 5.73 Å². The van der Waals surface area contributed by atoms with Gasteiger partial charge in [0.15, 0.2) is 0 Å². The van der Waals surface area contributed by atoms with E-state index >= 15 is 0 Å². The molecule has 4 heteroatoms. The summed E-state index contributed by atoms with van der Waals surface area (Å²) in [6.07, 6.45) is 7.62. The number of amides is 1. The lowest BCUT2D eigenvalue weighted by atomic mass is 9.96. The molecule has 0 saturated heterocycles. The second kappa shape index (κ2) is 4.61. The van der Waals surface area contributed by atoms with Crippen LogP contribution in [0.5, 0.6) is 0 Å². The van der Waals surface area contributed by atoms with Gasteiger partial charge < -0.3 is 10.5 Å². The molecule has 0 bridgehead atoms. The zero-order chi connectivity index (χ0) is 11.5. The highest BCUT2D eigenvalue weighted by Crippen LogP contribution is 2.35. The fourth-order valence-electron chi connectivity index (χ4n) is 1.75. The van der Waals surface area contributed by atoms with E-state index in [1.54, 1.807) is 11.7 Å². The summed E-state index contributed by atoms with van der Waals surface area (Å²) < 4.78 is 5.45. The van der Waals surface area contributed by atoms with E-state index in [4.69, 9.17) is 10.5 Å². The number of hydrogen-bond donors (Lipinski definition) is 1. The van der Waals surface area contributed by atoms with E-state index in [0.717, 1.165) is 24.0 Å². The van der Waals surface area contributed by atoms with Crippen LogP contribution in [0.2, 0.25) is 0 Å². The number of nitrogens with two attached hydrogens (primary N) is 1. The first-order valence-electron chi connectivity index (χ1n) is 5.09. The maximum absolute atomic E-state index is 11.3. The van der Waals surface area contributed by atoms with Gasteiger partial charge in [0.2, 0.25) is 0 Å². The summed E-state index contributed by atoms with van der Waals surface area (Å²) in [5.41, 5.74) is 7.55. The van der Waals surface area contributed by atoms with Crippen LogP contribution in [0.3, 0.4) is 0 Å². The molecule has 0 unspecified atom stereocenters. The Bertz CT molecular complexity index is 441. The topological polar surface area (TPSA) is 52.3 Å². The van der Waals surface area contributed by atoms with E-state index in [1.165, 1.54) is 11.8 Å². The van der Waals surface area contributed by atoms with Crippen molar-refractivity contribution in [2.24, 2.45) is 5.73 Å². The zero-order valence-corrected chi connectivity index (χ0v) is 9.84. The van der Waals surface area contributed by atoms with Gasteiger partial charge in [0.1, 0.15) is 10.7 Å². The van der Waals surface area contributed by atoms with Crippen LogP contribution in [0.25, 0.3) is 0 Å². The Balaban J connectivity index is 2.44. The van der Waals surface area contributed by atoms with E-state index in [0.29, 0.717) is 10.7 Å². The number of rotatable bonds is 2. The van der Waals surface area contributed by atoms with Crippen LogP contribution >= 0.6 is 11.8 Å². The predicted octanol–water partition coefficient (Wildman–Crippen LogP) is 2.58. The van der Waals surface area contributed by atoms with Crippen molar-refractivity contribution in [2.45, 2.75) is 19.8 Å². The Morgan fingerprint density at radius 2 is 2.38 bits per heavy atom. The van der Waals surface area contributed by atoms with Gasteiger partial charge in [0.05, 0.1) is 6.26 Å². The van der Waals surface area contributed by atoms with E-state index in [2.05, 4.69) is 12.2 Å². The second-order valence-corrected chi connectivity index (χ2v) is 4.55. The average molecular weight is 235 g/mol. The Morgan fingerprint density at radius 3 is 3.06 bits per heavy atom. The van der Waals surface area contributed by atoms with E-state index in [-0.39, 0.29) is 0 Å². The molecule has 1 aliphatic carbocycles. The number of hydrogen-bond acceptors (Lipinski definition) is 3. The first kappa shape index (κ1) is 11.1. The summed E-state index contributed by atoms with van der Waals surface area (Å²) in [4.78, 5) is 11.8. The molecular weight excluding hydrogens is 222 g/mol. The van der Waals surface area contributed by atoms with Crippen LogP contribution in [0.15, 0.2) is 45.6 Å². The van der Waals surface area contributed by atoms with Crippen LogP contribution in [-0.2, 0) is 9.53 Å². The highest BCUT2D eigenvalue weighted by Gasteiger charge is 2.22. The van der Waals surface area contributed by atoms with Crippen molar-refractivity contribution in [2.75, 3.05) is 0 Å². The zero-order valence-electron chi connectivity index (χ0n) is 9.03. The van der Waals surface area contributed by atoms with Crippen molar-refractivity contribution < 1.29 is 9.53 Å². The number of thioether (sulfide) groups is 1. The van der Waals surface area contributed by atoms with Gasteiger partial charge in [-0.3, -0.25) is 4.79 Å². The number of carbonyl (C=O) groups is 1. The first-order valence-corrected chi connectivity index (χ1v) is 5.97. The predicted molar refractivity (Wildman–Crippen MR) is 65.1 cm³/mol. The molecule has 0 spiro atoms. The minimum absolute atomic E-state index is 0.431. The Hall–Kier alpha value is -1.42. The third-order valence-electron chi connectivity index (χ3n) is 2.54. The molecule has 0 atom stereocenters. The summed E-state index contributed by atoms with van der Waals surface area (Å²) in [6, 6.07) is 0. The Morgan fingerprint density at radius 1 is 1.56 bits per heavy atom. The number of primary amides is 1. The molecule has 3 nitrogen and oxygen atoms in total. The summed E-state index contributed by atoms with van der Waals surface area (Å²) in [5, 5.41) is 1.72. The molecule has 1 aliphatic heterocycles. The average Bonchev–Trinajstić information content (AvgIpc) is 2.29. The van der Waals surface area contributed by atoms with Crippen molar-refractivity contribution in [1.82, 2.24) is 0 Å². The molecule has 1 amide bonds. The summed E-state index contributed by atoms with van der Waals surface area (Å²) >= 11 is 1.32. The maximum atomic E-state index is 11.3. The van der Waals surface area contributed by atoms with Gasteiger partial charge in [-0.25, -0.2) is 0 Å².